The monoisotopic (exact) mass is 507 g/mol. The normalized spacial score (nSPS) is 11.5. The Morgan fingerprint density at radius 1 is 0.350 bits per heavy atom. The Morgan fingerprint density at radius 2 is 0.850 bits per heavy atom. The zero-order valence-corrected chi connectivity index (χ0v) is 21.9. The van der Waals surface area contributed by atoms with Crippen LogP contribution in [0.5, 0.6) is 0 Å². The SMILES string of the molecule is c1ccc(-c2cc3ccccc3cc2-c2c3ccccc3c(-c3ccccn3)c3cc4ccccc4cc23)cc1. The fourth-order valence-corrected chi connectivity index (χ4v) is 6.24. The second-order valence-electron chi connectivity index (χ2n) is 10.4. The lowest BCUT2D eigenvalue weighted by Gasteiger charge is -2.20. The van der Waals surface area contributed by atoms with E-state index < -0.39 is 0 Å². The van der Waals surface area contributed by atoms with Crippen molar-refractivity contribution in [2.45, 2.75) is 0 Å². The van der Waals surface area contributed by atoms with Gasteiger partial charge in [0.1, 0.15) is 0 Å². The molecule has 0 amide bonds. The fraction of sp³-hybridized carbons (Fsp3) is 0. The molecular weight excluding hydrogens is 482 g/mol. The molecule has 0 atom stereocenters. The molecule has 7 aromatic carbocycles. The topological polar surface area (TPSA) is 12.9 Å². The molecular formula is C39H25N. The van der Waals surface area contributed by atoms with E-state index in [0.717, 1.165) is 5.69 Å². The van der Waals surface area contributed by atoms with Gasteiger partial charge in [0.25, 0.3) is 0 Å². The molecule has 0 radical (unpaired) electrons. The maximum absolute atomic E-state index is 4.84. The third-order valence-corrected chi connectivity index (χ3v) is 8.05. The van der Waals surface area contributed by atoms with Crippen LogP contribution in [0, 0.1) is 0 Å². The van der Waals surface area contributed by atoms with E-state index in [-0.39, 0.29) is 0 Å². The number of fused-ring (bicyclic) bond motifs is 4. The zero-order chi connectivity index (χ0) is 26.5. The third-order valence-electron chi connectivity index (χ3n) is 8.05. The molecule has 0 aliphatic rings. The molecule has 40 heavy (non-hydrogen) atoms. The van der Waals surface area contributed by atoms with Crippen molar-refractivity contribution in [2.75, 3.05) is 0 Å². The maximum Gasteiger partial charge on any atom is 0.0714 e. The Bertz CT molecular complexity index is 2200. The van der Waals surface area contributed by atoms with E-state index in [9.17, 15) is 0 Å². The highest BCUT2D eigenvalue weighted by Gasteiger charge is 2.20. The second kappa shape index (κ2) is 9.18. The van der Waals surface area contributed by atoms with Crippen LogP contribution in [0.15, 0.2) is 152 Å². The number of pyridine rings is 1. The summed E-state index contributed by atoms with van der Waals surface area (Å²) in [5.74, 6) is 0. The summed E-state index contributed by atoms with van der Waals surface area (Å²) >= 11 is 0. The predicted octanol–water partition coefficient (Wildman–Crippen LogP) is 10.7. The molecule has 0 fully saturated rings. The summed E-state index contributed by atoms with van der Waals surface area (Å²) in [6.07, 6.45) is 1.89. The van der Waals surface area contributed by atoms with Gasteiger partial charge in [-0.3, -0.25) is 4.98 Å². The predicted molar refractivity (Wildman–Crippen MR) is 171 cm³/mol. The Kier molecular flexibility index (Phi) is 5.21. The van der Waals surface area contributed by atoms with Crippen molar-refractivity contribution < 1.29 is 0 Å². The zero-order valence-electron chi connectivity index (χ0n) is 21.9. The maximum atomic E-state index is 4.84. The smallest absolute Gasteiger partial charge is 0.0714 e. The molecule has 0 aliphatic carbocycles. The van der Waals surface area contributed by atoms with Crippen LogP contribution in [0.25, 0.3) is 76.6 Å². The minimum atomic E-state index is 0.993. The van der Waals surface area contributed by atoms with Crippen LogP contribution >= 0.6 is 0 Å². The average molecular weight is 508 g/mol. The van der Waals surface area contributed by atoms with E-state index in [1.54, 1.807) is 0 Å². The number of hydrogen-bond donors (Lipinski definition) is 0. The summed E-state index contributed by atoms with van der Waals surface area (Å²) in [4.78, 5) is 4.84. The van der Waals surface area contributed by atoms with Crippen LogP contribution in [0.1, 0.15) is 0 Å². The lowest BCUT2D eigenvalue weighted by atomic mass is 9.83. The van der Waals surface area contributed by atoms with Crippen molar-refractivity contribution in [3.05, 3.63) is 152 Å². The molecule has 1 aromatic heterocycles. The molecule has 8 aromatic rings. The van der Waals surface area contributed by atoms with Crippen molar-refractivity contribution in [3.8, 4) is 33.5 Å². The Labute approximate surface area is 233 Å². The Hall–Kier alpha value is -5.27. The highest BCUT2D eigenvalue weighted by Crippen LogP contribution is 2.47. The van der Waals surface area contributed by atoms with Crippen LogP contribution in [0.2, 0.25) is 0 Å². The molecule has 0 saturated heterocycles. The van der Waals surface area contributed by atoms with Crippen molar-refractivity contribution in [3.63, 3.8) is 0 Å². The van der Waals surface area contributed by atoms with Gasteiger partial charge in [0.05, 0.1) is 5.69 Å². The van der Waals surface area contributed by atoms with E-state index in [4.69, 9.17) is 4.98 Å². The van der Waals surface area contributed by atoms with Crippen LogP contribution in [-0.4, -0.2) is 4.98 Å². The minimum Gasteiger partial charge on any atom is -0.256 e. The third kappa shape index (κ3) is 3.60. The highest BCUT2D eigenvalue weighted by atomic mass is 14.7. The van der Waals surface area contributed by atoms with Gasteiger partial charge in [-0.2, -0.15) is 0 Å². The van der Waals surface area contributed by atoms with E-state index in [2.05, 4.69) is 140 Å². The van der Waals surface area contributed by atoms with E-state index in [1.807, 2.05) is 12.3 Å². The van der Waals surface area contributed by atoms with Crippen LogP contribution in [-0.2, 0) is 0 Å². The summed E-state index contributed by atoms with van der Waals surface area (Å²) in [5.41, 5.74) is 7.14. The Balaban J connectivity index is 1.61. The molecule has 0 spiro atoms. The first-order chi connectivity index (χ1) is 19.8. The van der Waals surface area contributed by atoms with E-state index in [1.165, 1.54) is 70.9 Å². The van der Waals surface area contributed by atoms with Gasteiger partial charge in [-0.1, -0.05) is 109 Å². The van der Waals surface area contributed by atoms with Gasteiger partial charge >= 0.3 is 0 Å². The summed E-state index contributed by atoms with van der Waals surface area (Å²) in [6.45, 7) is 0. The number of hydrogen-bond acceptors (Lipinski definition) is 1. The first-order valence-corrected chi connectivity index (χ1v) is 13.7. The van der Waals surface area contributed by atoms with Crippen molar-refractivity contribution >= 4 is 43.1 Å². The largest absolute Gasteiger partial charge is 0.256 e. The van der Waals surface area contributed by atoms with Crippen LogP contribution in [0.3, 0.4) is 0 Å². The summed E-state index contributed by atoms with van der Waals surface area (Å²) in [7, 11) is 0. The molecule has 0 bridgehead atoms. The molecule has 0 unspecified atom stereocenters. The average Bonchev–Trinajstić information content (AvgIpc) is 3.03. The molecule has 8 rings (SSSR count). The number of aromatic nitrogens is 1. The van der Waals surface area contributed by atoms with Crippen molar-refractivity contribution in [1.29, 1.82) is 0 Å². The standard InChI is InChI=1S/C39H25N/c1-2-12-26(13-3-1)33-22-27-14-4-5-15-28(27)23-34(33)38-31-18-8-9-19-32(31)39(37-20-10-11-21-40-37)36-25-30-17-7-6-16-29(30)24-35(36)38/h1-25H. The molecule has 1 nitrogen and oxygen atoms in total. The summed E-state index contributed by atoms with van der Waals surface area (Å²) < 4.78 is 0. The van der Waals surface area contributed by atoms with Gasteiger partial charge in [-0.05, 0) is 102 Å². The number of benzene rings is 7. The van der Waals surface area contributed by atoms with Gasteiger partial charge in [0.15, 0.2) is 0 Å². The van der Waals surface area contributed by atoms with Gasteiger partial charge in [-0.25, -0.2) is 0 Å². The quantitative estimate of drug-likeness (QED) is 0.217. The molecule has 186 valence electrons. The lowest BCUT2D eigenvalue weighted by molar-refractivity contribution is 1.34. The van der Waals surface area contributed by atoms with Crippen LogP contribution < -0.4 is 0 Å². The van der Waals surface area contributed by atoms with Gasteiger partial charge in [0, 0.05) is 11.8 Å². The lowest BCUT2D eigenvalue weighted by Crippen LogP contribution is -1.94. The second-order valence-corrected chi connectivity index (χ2v) is 10.4. The van der Waals surface area contributed by atoms with E-state index >= 15 is 0 Å². The number of rotatable bonds is 3. The van der Waals surface area contributed by atoms with Crippen molar-refractivity contribution in [2.24, 2.45) is 0 Å². The minimum absolute atomic E-state index is 0.993. The Morgan fingerprint density at radius 3 is 1.48 bits per heavy atom. The molecule has 0 aliphatic heterocycles. The fourth-order valence-electron chi connectivity index (χ4n) is 6.24. The summed E-state index contributed by atoms with van der Waals surface area (Å²) in [5, 5.41) is 9.86. The molecule has 1 heteroatoms. The molecule has 0 N–H and O–H groups in total. The first kappa shape index (κ1) is 22.7. The highest BCUT2D eigenvalue weighted by molar-refractivity contribution is 6.24. The van der Waals surface area contributed by atoms with Crippen LogP contribution in [0.4, 0.5) is 0 Å². The van der Waals surface area contributed by atoms with Crippen molar-refractivity contribution in [1.82, 2.24) is 4.98 Å². The molecule has 0 saturated carbocycles. The van der Waals surface area contributed by atoms with Gasteiger partial charge in [-0.15, -0.1) is 0 Å². The van der Waals surface area contributed by atoms with E-state index in [0.29, 0.717) is 0 Å². The first-order valence-electron chi connectivity index (χ1n) is 13.7. The number of nitrogens with zero attached hydrogens (tertiary/aromatic N) is 1. The molecule has 1 heterocycles. The van der Waals surface area contributed by atoms with Gasteiger partial charge in [0.2, 0.25) is 0 Å². The van der Waals surface area contributed by atoms with Gasteiger partial charge < -0.3 is 0 Å². The summed E-state index contributed by atoms with van der Waals surface area (Å²) in [6, 6.07) is 52.6.